The molecule has 8 rings (SSSR count). The predicted molar refractivity (Wildman–Crippen MR) is 165 cm³/mol. The van der Waals surface area contributed by atoms with Crippen LogP contribution in [0.4, 0.5) is 0 Å². The first kappa shape index (κ1) is 30.4. The number of rotatable bonds is 5. The monoisotopic (exact) mass is 598 g/mol. The minimum absolute atomic E-state index is 0. The van der Waals surface area contributed by atoms with Gasteiger partial charge in [-0.25, -0.2) is 0 Å². The average Bonchev–Trinajstić information content (AvgIpc) is 3.63. The molecule has 6 saturated heterocycles. The van der Waals surface area contributed by atoms with Crippen molar-refractivity contribution in [1.82, 2.24) is 20.0 Å². The minimum atomic E-state index is -0.267. The number of piperidine rings is 2. The van der Waals surface area contributed by atoms with Crippen LogP contribution in [0, 0.1) is 0 Å². The topological polar surface area (TPSA) is 58.7 Å². The highest BCUT2D eigenvalue weighted by Crippen LogP contribution is 2.37. The van der Waals surface area contributed by atoms with Crippen LogP contribution in [0.5, 0.6) is 0 Å². The van der Waals surface area contributed by atoms with Gasteiger partial charge in [-0.1, -0.05) is 60.7 Å². The summed E-state index contributed by atoms with van der Waals surface area (Å²) < 4.78 is 23.1. The number of benzene rings is 2. The summed E-state index contributed by atoms with van der Waals surface area (Å²) in [6, 6.07) is 23.6. The Hall–Kier alpha value is -1.59. The van der Waals surface area contributed by atoms with Gasteiger partial charge in [0.15, 0.2) is 11.6 Å². The Morgan fingerprint density at radius 2 is 1.00 bits per heavy atom. The van der Waals surface area contributed by atoms with Crippen molar-refractivity contribution in [3.05, 3.63) is 71.8 Å². The molecule has 9 heteroatoms. The molecule has 42 heavy (non-hydrogen) atoms. The molecule has 6 aliphatic rings. The quantitative estimate of drug-likeness (QED) is 0.561. The molecule has 2 aromatic rings. The van der Waals surface area contributed by atoms with Gasteiger partial charge in [-0.15, -0.1) is 12.4 Å². The molecule has 0 unspecified atom stereocenters. The second-order valence-corrected chi connectivity index (χ2v) is 12.4. The van der Waals surface area contributed by atoms with Gasteiger partial charge in [-0.05, 0) is 11.1 Å². The molecule has 1 N–H and O–H groups in total. The number of hydrogen-bond donors (Lipinski definition) is 1. The van der Waals surface area contributed by atoms with Crippen molar-refractivity contribution in [2.75, 3.05) is 78.8 Å². The lowest BCUT2D eigenvalue weighted by molar-refractivity contribution is -0.191. The summed E-state index contributed by atoms with van der Waals surface area (Å²) >= 11 is 0. The molecule has 6 aliphatic heterocycles. The van der Waals surface area contributed by atoms with Gasteiger partial charge in [0.2, 0.25) is 0 Å². The summed E-state index contributed by atoms with van der Waals surface area (Å²) in [5, 5.41) is 3.32. The maximum absolute atomic E-state index is 5.88. The Morgan fingerprint density at radius 3 is 1.38 bits per heavy atom. The zero-order valence-corrected chi connectivity index (χ0v) is 25.5. The third-order valence-electron chi connectivity index (χ3n) is 10.0. The van der Waals surface area contributed by atoms with E-state index in [4.69, 9.17) is 18.9 Å². The van der Waals surface area contributed by atoms with E-state index >= 15 is 0 Å². The molecule has 6 heterocycles. The number of nitrogens with zero attached hydrogens (tertiary/aromatic N) is 3. The third-order valence-corrected chi connectivity index (χ3v) is 10.0. The van der Waals surface area contributed by atoms with Gasteiger partial charge >= 0.3 is 0 Å². The highest BCUT2D eigenvalue weighted by molar-refractivity contribution is 5.85. The lowest BCUT2D eigenvalue weighted by atomic mass is 9.91. The Labute approximate surface area is 257 Å². The SMILES string of the molecule is C1COC2(CCN(C3CNC3)CC2)O1.Cl.c1ccc(C(c2ccccc2)N2CC(N3CCC4(CC3)OCCO4)C2)cc1. The standard InChI is InChI=1S/C23H28N2O2.C10H18N2O2.ClH/c1-3-7-19(8-4-1)22(20-9-5-2-6-10-20)25-17-21(18-25)24-13-11-23(12-14-24)26-15-16-27-23;1-3-12(9-7-11-8-9)4-2-10(1)13-5-6-14-10;/h1-10,21-22H,11-18H2;9,11H,1-8H2;1H. The molecule has 230 valence electrons. The molecule has 0 aliphatic carbocycles. The van der Waals surface area contributed by atoms with Crippen molar-refractivity contribution in [1.29, 1.82) is 0 Å². The molecule has 0 atom stereocenters. The minimum Gasteiger partial charge on any atom is -0.347 e. The van der Waals surface area contributed by atoms with Gasteiger partial charge in [-0.2, -0.15) is 0 Å². The maximum atomic E-state index is 5.88. The van der Waals surface area contributed by atoms with Gasteiger partial charge in [0.05, 0.1) is 32.5 Å². The van der Waals surface area contributed by atoms with Crippen LogP contribution in [0.1, 0.15) is 42.9 Å². The number of halogens is 1. The third kappa shape index (κ3) is 6.58. The van der Waals surface area contributed by atoms with E-state index in [0.717, 1.165) is 111 Å². The van der Waals surface area contributed by atoms with E-state index < -0.39 is 0 Å². The lowest BCUT2D eigenvalue weighted by Crippen LogP contribution is -2.62. The van der Waals surface area contributed by atoms with Crippen molar-refractivity contribution in [2.45, 2.75) is 55.4 Å². The van der Waals surface area contributed by atoms with Crippen LogP contribution in [-0.4, -0.2) is 117 Å². The van der Waals surface area contributed by atoms with Gasteiger partial charge in [-0.3, -0.25) is 14.7 Å². The van der Waals surface area contributed by atoms with Gasteiger partial charge < -0.3 is 24.3 Å². The molecule has 2 spiro atoms. The van der Waals surface area contributed by atoms with Crippen molar-refractivity contribution >= 4 is 12.4 Å². The lowest BCUT2D eigenvalue weighted by Gasteiger charge is -2.51. The summed E-state index contributed by atoms with van der Waals surface area (Å²) in [5.74, 6) is -0.468. The Bertz CT molecular complexity index is 1050. The predicted octanol–water partition coefficient (Wildman–Crippen LogP) is 3.52. The van der Waals surface area contributed by atoms with E-state index in [1.165, 1.54) is 11.1 Å². The zero-order valence-electron chi connectivity index (χ0n) is 24.7. The van der Waals surface area contributed by atoms with Gasteiger partial charge in [0, 0.05) is 90.1 Å². The second kappa shape index (κ2) is 13.6. The van der Waals surface area contributed by atoms with Crippen LogP contribution in [-0.2, 0) is 18.9 Å². The summed E-state index contributed by atoms with van der Waals surface area (Å²) in [4.78, 5) is 7.81. The van der Waals surface area contributed by atoms with Crippen LogP contribution in [0.25, 0.3) is 0 Å². The Kier molecular flexibility index (Phi) is 9.85. The number of nitrogens with one attached hydrogen (secondary N) is 1. The van der Waals surface area contributed by atoms with Crippen LogP contribution in [0.3, 0.4) is 0 Å². The molecule has 2 aromatic carbocycles. The molecule has 0 aromatic heterocycles. The molecule has 0 bridgehead atoms. The van der Waals surface area contributed by atoms with Gasteiger partial charge in [0.1, 0.15) is 0 Å². The number of ether oxygens (including phenoxy) is 4. The van der Waals surface area contributed by atoms with Crippen molar-refractivity contribution in [2.24, 2.45) is 0 Å². The summed E-state index contributed by atoms with van der Waals surface area (Å²) in [5.41, 5.74) is 2.76. The number of likely N-dealkylation sites (tertiary alicyclic amines) is 3. The zero-order chi connectivity index (χ0) is 27.5. The highest BCUT2D eigenvalue weighted by Gasteiger charge is 2.44. The largest absolute Gasteiger partial charge is 0.347 e. The Balaban J connectivity index is 0.000000177. The summed E-state index contributed by atoms with van der Waals surface area (Å²) in [6.07, 6.45) is 4.10. The van der Waals surface area contributed by atoms with E-state index in [2.05, 4.69) is 80.7 Å². The maximum Gasteiger partial charge on any atom is 0.170 e. The van der Waals surface area contributed by atoms with Crippen molar-refractivity contribution < 1.29 is 18.9 Å². The van der Waals surface area contributed by atoms with Crippen LogP contribution < -0.4 is 5.32 Å². The van der Waals surface area contributed by atoms with E-state index in [1.54, 1.807) is 0 Å². The fourth-order valence-electron chi connectivity index (χ4n) is 7.38. The van der Waals surface area contributed by atoms with Crippen LogP contribution >= 0.6 is 12.4 Å². The van der Waals surface area contributed by atoms with Crippen molar-refractivity contribution in [3.63, 3.8) is 0 Å². The normalized spacial score (nSPS) is 26.4. The molecule has 6 fully saturated rings. The first-order valence-corrected chi connectivity index (χ1v) is 15.8. The smallest absolute Gasteiger partial charge is 0.170 e. The fraction of sp³-hybridized carbons (Fsp3) is 0.636. The van der Waals surface area contributed by atoms with E-state index in [1.807, 2.05) is 0 Å². The Morgan fingerprint density at radius 1 is 0.595 bits per heavy atom. The fourth-order valence-corrected chi connectivity index (χ4v) is 7.38. The van der Waals surface area contributed by atoms with Crippen LogP contribution in [0.2, 0.25) is 0 Å². The molecule has 0 radical (unpaired) electrons. The summed E-state index contributed by atoms with van der Waals surface area (Å²) in [6.45, 7) is 12.1. The molecule has 0 saturated carbocycles. The molecular weight excluding hydrogens is 552 g/mol. The second-order valence-electron chi connectivity index (χ2n) is 12.4. The van der Waals surface area contributed by atoms with E-state index in [9.17, 15) is 0 Å². The van der Waals surface area contributed by atoms with E-state index in [-0.39, 0.29) is 24.0 Å². The molecule has 8 nitrogen and oxygen atoms in total. The first-order valence-electron chi connectivity index (χ1n) is 15.8. The average molecular weight is 599 g/mol. The highest BCUT2D eigenvalue weighted by atomic mass is 35.5. The van der Waals surface area contributed by atoms with Crippen LogP contribution in [0.15, 0.2) is 60.7 Å². The van der Waals surface area contributed by atoms with E-state index in [0.29, 0.717) is 12.1 Å². The van der Waals surface area contributed by atoms with Gasteiger partial charge in [0.25, 0.3) is 0 Å². The molecule has 0 amide bonds. The summed E-state index contributed by atoms with van der Waals surface area (Å²) in [7, 11) is 0. The first-order chi connectivity index (χ1) is 20.2. The number of hydrogen-bond acceptors (Lipinski definition) is 8. The molecular formula is C33H47ClN4O4. The van der Waals surface area contributed by atoms with Crippen molar-refractivity contribution in [3.8, 4) is 0 Å².